The van der Waals surface area contributed by atoms with Crippen LogP contribution in [0.15, 0.2) is 60.1 Å². The standard InChI is InChI=1S/C30H31F4NO2S/c1-19-4-10-25-27(16-19)38-29(24-11-5-20(32)17-26(24)30(2,33)34)28(25)37-22-8-6-21(7-9-22)36-23-12-15-35(18-23)14-3-13-31/h4-6,8,10-11,16-17,23H,3,7,9,12-15,18H2,1-2H3. The molecule has 2 aromatic carbocycles. The van der Waals surface area contributed by atoms with E-state index in [0.29, 0.717) is 35.6 Å². The molecule has 0 N–H and O–H groups in total. The predicted octanol–water partition coefficient (Wildman–Crippen LogP) is 8.52. The highest BCUT2D eigenvalue weighted by Crippen LogP contribution is 2.49. The SMILES string of the molecule is Cc1ccc2c(OC3=CC=C(OC4CCN(CCCF)C4)CC3)c(-c3ccc(F)cc3C(C)(F)F)sc2c1. The Kier molecular flexibility index (Phi) is 7.82. The molecule has 1 fully saturated rings. The van der Waals surface area contributed by atoms with Crippen LogP contribution in [0.1, 0.15) is 43.7 Å². The van der Waals surface area contributed by atoms with Crippen LogP contribution in [0.25, 0.3) is 20.5 Å². The largest absolute Gasteiger partial charge is 0.493 e. The van der Waals surface area contributed by atoms with E-state index < -0.39 is 11.7 Å². The van der Waals surface area contributed by atoms with Crippen LogP contribution in [0.5, 0.6) is 5.75 Å². The summed E-state index contributed by atoms with van der Waals surface area (Å²) in [6, 6.07) is 9.43. The van der Waals surface area contributed by atoms with Crippen LogP contribution in [-0.4, -0.2) is 37.3 Å². The molecule has 0 spiro atoms. The molecule has 202 valence electrons. The number of nitrogens with zero attached hydrogens (tertiary/aromatic N) is 1. The second kappa shape index (κ2) is 11.1. The third-order valence-corrected chi connectivity index (χ3v) is 8.13. The molecule has 38 heavy (non-hydrogen) atoms. The summed E-state index contributed by atoms with van der Waals surface area (Å²) in [6.45, 7) is 4.93. The Morgan fingerprint density at radius 2 is 1.87 bits per heavy atom. The fraction of sp³-hybridized carbons (Fsp3) is 0.400. The second-order valence-corrected chi connectivity index (χ2v) is 11.1. The van der Waals surface area contributed by atoms with E-state index in [1.165, 1.54) is 23.5 Å². The number of halogens is 4. The van der Waals surface area contributed by atoms with Crippen molar-refractivity contribution < 1.29 is 27.0 Å². The summed E-state index contributed by atoms with van der Waals surface area (Å²) in [5.74, 6) is -1.83. The Morgan fingerprint density at radius 1 is 1.08 bits per heavy atom. The molecule has 1 unspecified atom stereocenters. The number of rotatable bonds is 9. The zero-order valence-corrected chi connectivity index (χ0v) is 22.4. The molecule has 3 nitrogen and oxygen atoms in total. The lowest BCUT2D eigenvalue weighted by Gasteiger charge is -2.21. The molecule has 3 aromatic rings. The molecule has 1 aliphatic heterocycles. The predicted molar refractivity (Wildman–Crippen MR) is 144 cm³/mol. The molecule has 1 atom stereocenters. The first-order chi connectivity index (χ1) is 18.2. The average molecular weight is 546 g/mol. The van der Waals surface area contributed by atoms with Gasteiger partial charge in [-0.25, -0.2) is 13.2 Å². The molecule has 5 rings (SSSR count). The van der Waals surface area contributed by atoms with Crippen LogP contribution in [0.2, 0.25) is 0 Å². The third-order valence-electron chi connectivity index (χ3n) is 6.96. The molecule has 2 heterocycles. The van der Waals surface area contributed by atoms with Crippen molar-refractivity contribution in [1.82, 2.24) is 4.90 Å². The van der Waals surface area contributed by atoms with Gasteiger partial charge in [0.1, 0.15) is 17.7 Å². The number of likely N-dealkylation sites (tertiary alicyclic amines) is 1. The number of allylic oxidation sites excluding steroid dienone is 4. The Balaban J connectivity index is 1.41. The Labute approximate surface area is 224 Å². The van der Waals surface area contributed by atoms with Crippen LogP contribution >= 0.6 is 11.3 Å². The highest BCUT2D eigenvalue weighted by Gasteiger charge is 2.31. The summed E-state index contributed by atoms with van der Waals surface area (Å²) in [5, 5.41) is 0.830. The lowest BCUT2D eigenvalue weighted by molar-refractivity contribution is 0.0178. The number of aryl methyl sites for hydroxylation is 1. The first kappa shape index (κ1) is 26.8. The Hall–Kier alpha value is -2.84. The van der Waals surface area contributed by atoms with E-state index in [-0.39, 0.29) is 23.9 Å². The highest BCUT2D eigenvalue weighted by atomic mass is 32.1. The van der Waals surface area contributed by atoms with E-state index in [1.54, 1.807) is 0 Å². The van der Waals surface area contributed by atoms with Crippen molar-refractivity contribution in [2.75, 3.05) is 26.3 Å². The number of ether oxygens (including phenoxy) is 2. The van der Waals surface area contributed by atoms with Gasteiger partial charge in [0.05, 0.1) is 17.3 Å². The van der Waals surface area contributed by atoms with Crippen molar-refractivity contribution in [2.24, 2.45) is 0 Å². The zero-order valence-electron chi connectivity index (χ0n) is 21.5. The van der Waals surface area contributed by atoms with Gasteiger partial charge in [0.15, 0.2) is 5.75 Å². The Morgan fingerprint density at radius 3 is 2.61 bits per heavy atom. The van der Waals surface area contributed by atoms with E-state index in [4.69, 9.17) is 9.47 Å². The number of thiophene rings is 1. The lowest BCUT2D eigenvalue weighted by atomic mass is 10.00. The number of hydrogen-bond donors (Lipinski definition) is 0. The fourth-order valence-corrected chi connectivity index (χ4v) is 6.31. The van der Waals surface area contributed by atoms with Crippen LogP contribution in [0.4, 0.5) is 17.6 Å². The van der Waals surface area contributed by atoms with Crippen LogP contribution in [0.3, 0.4) is 0 Å². The maximum absolute atomic E-state index is 14.5. The molecule has 0 amide bonds. The first-order valence-corrected chi connectivity index (χ1v) is 13.8. The summed E-state index contributed by atoms with van der Waals surface area (Å²) in [7, 11) is 0. The maximum Gasteiger partial charge on any atom is 0.271 e. The summed E-state index contributed by atoms with van der Waals surface area (Å²) >= 11 is 1.37. The topological polar surface area (TPSA) is 21.7 Å². The Bertz CT molecular complexity index is 1370. The quantitative estimate of drug-likeness (QED) is 0.252. The molecule has 2 aliphatic rings. The maximum atomic E-state index is 14.5. The van der Waals surface area contributed by atoms with Gasteiger partial charge in [0.2, 0.25) is 0 Å². The van der Waals surface area contributed by atoms with Gasteiger partial charge in [0.25, 0.3) is 5.92 Å². The molecular weight excluding hydrogens is 514 g/mol. The van der Waals surface area contributed by atoms with Crippen molar-refractivity contribution in [3.63, 3.8) is 0 Å². The van der Waals surface area contributed by atoms with E-state index in [0.717, 1.165) is 60.5 Å². The number of alkyl halides is 3. The minimum atomic E-state index is -3.22. The zero-order chi connectivity index (χ0) is 26.9. The molecule has 0 radical (unpaired) electrons. The van der Waals surface area contributed by atoms with Gasteiger partial charge in [-0.3, -0.25) is 9.29 Å². The lowest BCUT2D eigenvalue weighted by Crippen LogP contribution is -2.24. The summed E-state index contributed by atoms with van der Waals surface area (Å²) < 4.78 is 69.0. The molecule has 0 saturated carbocycles. The summed E-state index contributed by atoms with van der Waals surface area (Å²) in [6.07, 6.45) is 6.61. The second-order valence-electron chi connectivity index (χ2n) is 10.1. The number of hydrogen-bond acceptors (Lipinski definition) is 4. The highest BCUT2D eigenvalue weighted by molar-refractivity contribution is 7.22. The van der Waals surface area contributed by atoms with Crippen molar-refractivity contribution in [2.45, 2.75) is 51.6 Å². The minimum absolute atomic E-state index is 0.0972. The molecule has 1 saturated heterocycles. The van der Waals surface area contributed by atoms with Gasteiger partial charge in [-0.1, -0.05) is 12.1 Å². The van der Waals surface area contributed by atoms with Gasteiger partial charge in [-0.05, 0) is 61.7 Å². The van der Waals surface area contributed by atoms with Gasteiger partial charge in [0, 0.05) is 60.6 Å². The average Bonchev–Trinajstić information content (AvgIpc) is 3.47. The van der Waals surface area contributed by atoms with Crippen molar-refractivity contribution in [1.29, 1.82) is 0 Å². The van der Waals surface area contributed by atoms with Crippen LogP contribution in [-0.2, 0) is 10.7 Å². The van der Waals surface area contributed by atoms with Crippen molar-refractivity contribution in [3.8, 4) is 16.2 Å². The van der Waals surface area contributed by atoms with Crippen molar-refractivity contribution >= 4 is 21.4 Å². The van der Waals surface area contributed by atoms with Crippen LogP contribution < -0.4 is 4.74 Å². The number of fused-ring (bicyclic) bond motifs is 1. The van der Waals surface area contributed by atoms with Gasteiger partial charge in [-0.2, -0.15) is 0 Å². The van der Waals surface area contributed by atoms with E-state index in [9.17, 15) is 17.6 Å². The van der Waals surface area contributed by atoms with Gasteiger partial charge >= 0.3 is 0 Å². The molecule has 1 aromatic heterocycles. The molecule has 8 heteroatoms. The van der Waals surface area contributed by atoms with Crippen LogP contribution in [0, 0.1) is 12.7 Å². The molecular formula is C30H31F4NO2S. The van der Waals surface area contributed by atoms with E-state index >= 15 is 0 Å². The molecule has 1 aliphatic carbocycles. The van der Waals surface area contributed by atoms with E-state index in [1.807, 2.05) is 37.3 Å². The number of benzene rings is 2. The van der Waals surface area contributed by atoms with Gasteiger partial charge < -0.3 is 9.47 Å². The summed E-state index contributed by atoms with van der Waals surface area (Å²) in [4.78, 5) is 2.78. The minimum Gasteiger partial charge on any atom is -0.493 e. The van der Waals surface area contributed by atoms with Gasteiger partial charge in [-0.15, -0.1) is 11.3 Å². The first-order valence-electron chi connectivity index (χ1n) is 12.9. The molecule has 0 bridgehead atoms. The third kappa shape index (κ3) is 5.91. The fourth-order valence-electron chi connectivity index (χ4n) is 5.04. The smallest absolute Gasteiger partial charge is 0.271 e. The monoisotopic (exact) mass is 545 g/mol. The summed E-state index contributed by atoms with van der Waals surface area (Å²) in [5.41, 5.74) is 0.951. The van der Waals surface area contributed by atoms with Crippen molar-refractivity contribution in [3.05, 3.63) is 77.0 Å². The normalized spacial score (nSPS) is 18.5. The van der Waals surface area contributed by atoms with E-state index in [2.05, 4.69) is 4.90 Å².